The Morgan fingerprint density at radius 1 is 1.39 bits per heavy atom. The lowest BCUT2D eigenvalue weighted by atomic mass is 10.2. The van der Waals surface area contributed by atoms with Crippen molar-refractivity contribution in [3.8, 4) is 0 Å². The summed E-state index contributed by atoms with van der Waals surface area (Å²) in [4.78, 5) is 12.0. The molecule has 1 aromatic rings. The van der Waals surface area contributed by atoms with E-state index in [-0.39, 0.29) is 25.1 Å². The van der Waals surface area contributed by atoms with Crippen molar-refractivity contribution in [2.75, 3.05) is 26.0 Å². The van der Waals surface area contributed by atoms with E-state index in [1.807, 2.05) is 0 Å². The molecule has 0 aliphatic carbocycles. The maximum Gasteiger partial charge on any atom is 0.235 e. The smallest absolute Gasteiger partial charge is 0.235 e. The van der Waals surface area contributed by atoms with E-state index in [2.05, 4.69) is 5.32 Å². The van der Waals surface area contributed by atoms with Crippen LogP contribution in [0.3, 0.4) is 0 Å². The van der Waals surface area contributed by atoms with Crippen molar-refractivity contribution in [2.45, 2.75) is 25.5 Å². The molecular weight excluding hydrogens is 340 g/mol. The molecule has 1 heterocycles. The van der Waals surface area contributed by atoms with E-state index in [9.17, 15) is 13.2 Å². The second-order valence-corrected chi connectivity index (χ2v) is 8.02. The molecule has 0 saturated carbocycles. The number of hydrogen-bond acceptors (Lipinski definition) is 4. The molecule has 1 fully saturated rings. The van der Waals surface area contributed by atoms with Crippen LogP contribution in [0.5, 0.6) is 0 Å². The topological polar surface area (TPSA) is 75.7 Å². The molecule has 1 aliphatic heterocycles. The van der Waals surface area contributed by atoms with E-state index in [4.69, 9.17) is 16.3 Å². The van der Waals surface area contributed by atoms with Crippen LogP contribution < -0.4 is 5.32 Å². The van der Waals surface area contributed by atoms with Crippen molar-refractivity contribution in [3.63, 3.8) is 0 Å². The number of nitrogens with zero attached hydrogens (tertiary/aromatic N) is 1. The Balaban J connectivity index is 1.92. The minimum Gasteiger partial charge on any atom is -0.376 e. The van der Waals surface area contributed by atoms with Crippen LogP contribution in [0.4, 0.5) is 0 Å². The lowest BCUT2D eigenvalue weighted by molar-refractivity contribution is -0.121. The van der Waals surface area contributed by atoms with Crippen molar-refractivity contribution in [3.05, 3.63) is 34.9 Å². The molecule has 0 unspecified atom stereocenters. The highest BCUT2D eigenvalue weighted by molar-refractivity contribution is 7.88. The van der Waals surface area contributed by atoms with Gasteiger partial charge < -0.3 is 10.1 Å². The van der Waals surface area contributed by atoms with Crippen LogP contribution in [0.2, 0.25) is 5.02 Å². The predicted molar refractivity (Wildman–Crippen MR) is 88.7 cm³/mol. The highest BCUT2D eigenvalue weighted by Crippen LogP contribution is 2.13. The van der Waals surface area contributed by atoms with Crippen molar-refractivity contribution in [1.29, 1.82) is 0 Å². The van der Waals surface area contributed by atoms with Crippen molar-refractivity contribution in [2.24, 2.45) is 0 Å². The fourth-order valence-corrected chi connectivity index (χ4v) is 3.19. The molecule has 0 aromatic heterocycles. The molecule has 0 spiro atoms. The molecule has 2 rings (SSSR count). The lowest BCUT2D eigenvalue weighted by Gasteiger charge is -2.20. The van der Waals surface area contributed by atoms with Crippen LogP contribution in [0.1, 0.15) is 18.4 Å². The summed E-state index contributed by atoms with van der Waals surface area (Å²) in [5.74, 6) is -0.333. The quantitative estimate of drug-likeness (QED) is 0.797. The van der Waals surface area contributed by atoms with Gasteiger partial charge in [-0.3, -0.25) is 4.79 Å². The molecule has 1 saturated heterocycles. The van der Waals surface area contributed by atoms with Gasteiger partial charge >= 0.3 is 0 Å². The van der Waals surface area contributed by atoms with Gasteiger partial charge in [-0.1, -0.05) is 23.7 Å². The van der Waals surface area contributed by atoms with Crippen LogP contribution in [0, 0.1) is 0 Å². The van der Waals surface area contributed by atoms with E-state index in [0.29, 0.717) is 18.2 Å². The molecule has 6 nitrogen and oxygen atoms in total. The van der Waals surface area contributed by atoms with Crippen LogP contribution in [0.25, 0.3) is 0 Å². The van der Waals surface area contributed by atoms with E-state index < -0.39 is 10.0 Å². The Morgan fingerprint density at radius 2 is 2.09 bits per heavy atom. The maximum atomic E-state index is 12.0. The molecule has 23 heavy (non-hydrogen) atoms. The normalized spacial score (nSPS) is 18.3. The SMILES string of the molecule is CS(=O)(=O)N(CC(=O)NC[C@H]1CCCO1)Cc1ccc(Cl)cc1. The summed E-state index contributed by atoms with van der Waals surface area (Å²) in [5.41, 5.74) is 0.770. The number of ether oxygens (including phenoxy) is 1. The van der Waals surface area contributed by atoms with Crippen molar-refractivity contribution < 1.29 is 17.9 Å². The standard InChI is InChI=1S/C15H21ClN2O4S/c1-23(20,21)18(10-12-4-6-13(16)7-5-12)11-15(19)17-9-14-3-2-8-22-14/h4-7,14H,2-3,8-11H2,1H3,(H,17,19)/t14-/m1/s1. The first-order valence-corrected chi connectivity index (χ1v) is 9.65. The number of benzene rings is 1. The number of halogens is 1. The molecule has 8 heteroatoms. The summed E-state index contributed by atoms with van der Waals surface area (Å²) in [6.45, 7) is 1.04. The molecular formula is C15H21ClN2O4S. The lowest BCUT2D eigenvalue weighted by Crippen LogP contribution is -2.42. The minimum absolute atomic E-state index is 0.0295. The van der Waals surface area contributed by atoms with Crippen molar-refractivity contribution >= 4 is 27.5 Å². The third kappa shape index (κ3) is 6.10. The van der Waals surface area contributed by atoms with Crippen LogP contribution in [0.15, 0.2) is 24.3 Å². The molecule has 0 bridgehead atoms. The average molecular weight is 361 g/mol. The van der Waals surface area contributed by atoms with Gasteiger partial charge in [0.15, 0.2) is 0 Å². The minimum atomic E-state index is -3.50. The number of sulfonamides is 1. The Morgan fingerprint density at radius 3 is 2.65 bits per heavy atom. The highest BCUT2D eigenvalue weighted by atomic mass is 35.5. The molecule has 1 aliphatic rings. The van der Waals surface area contributed by atoms with Gasteiger partial charge in [-0.15, -0.1) is 0 Å². The van der Waals surface area contributed by atoms with Crippen LogP contribution in [-0.2, 0) is 26.1 Å². The number of rotatable bonds is 7. The summed E-state index contributed by atoms with van der Waals surface area (Å²) in [5, 5.41) is 3.31. The fourth-order valence-electron chi connectivity index (χ4n) is 2.33. The third-order valence-electron chi connectivity index (χ3n) is 3.61. The van der Waals surface area contributed by atoms with Gasteiger partial charge in [0.05, 0.1) is 18.9 Å². The highest BCUT2D eigenvalue weighted by Gasteiger charge is 2.22. The van der Waals surface area contributed by atoms with Gasteiger partial charge in [0.2, 0.25) is 15.9 Å². The van der Waals surface area contributed by atoms with Crippen molar-refractivity contribution in [1.82, 2.24) is 9.62 Å². The number of hydrogen-bond donors (Lipinski definition) is 1. The zero-order valence-electron chi connectivity index (χ0n) is 13.0. The number of nitrogens with one attached hydrogen (secondary N) is 1. The molecule has 1 aromatic carbocycles. The Bertz CT molecular complexity index is 627. The molecule has 128 valence electrons. The van der Waals surface area contributed by atoms with E-state index in [0.717, 1.165) is 29.0 Å². The van der Waals surface area contributed by atoms with E-state index in [1.165, 1.54) is 0 Å². The first kappa shape index (κ1) is 18.2. The van der Waals surface area contributed by atoms with Gasteiger partial charge in [-0.25, -0.2) is 8.42 Å². The van der Waals surface area contributed by atoms with Gasteiger partial charge in [0.1, 0.15) is 0 Å². The average Bonchev–Trinajstić information content (AvgIpc) is 2.99. The number of amides is 1. The summed E-state index contributed by atoms with van der Waals surface area (Å²) in [6.07, 6.45) is 3.03. The van der Waals surface area contributed by atoms with Gasteiger partial charge in [0, 0.05) is 24.7 Å². The predicted octanol–water partition coefficient (Wildman–Crippen LogP) is 1.40. The first-order chi connectivity index (χ1) is 10.8. The van der Waals surface area contributed by atoms with Crippen LogP contribution >= 0.6 is 11.6 Å². The Hall–Kier alpha value is -1.15. The van der Waals surface area contributed by atoms with Crippen LogP contribution in [-0.4, -0.2) is 50.7 Å². The third-order valence-corrected chi connectivity index (χ3v) is 5.06. The summed E-state index contributed by atoms with van der Waals surface area (Å²) in [6, 6.07) is 6.86. The monoisotopic (exact) mass is 360 g/mol. The second kappa shape index (κ2) is 8.10. The first-order valence-electron chi connectivity index (χ1n) is 7.42. The summed E-state index contributed by atoms with van der Waals surface area (Å²) < 4.78 is 30.4. The zero-order valence-corrected chi connectivity index (χ0v) is 14.6. The Labute approximate surface area is 141 Å². The number of carbonyl (C=O) groups excluding carboxylic acids is 1. The molecule has 1 amide bonds. The second-order valence-electron chi connectivity index (χ2n) is 5.60. The van der Waals surface area contributed by atoms with Gasteiger partial charge in [-0.05, 0) is 30.5 Å². The van der Waals surface area contributed by atoms with E-state index in [1.54, 1.807) is 24.3 Å². The molecule has 1 atom stereocenters. The maximum absolute atomic E-state index is 12.0. The molecule has 0 radical (unpaired) electrons. The van der Waals surface area contributed by atoms with Gasteiger partial charge in [-0.2, -0.15) is 4.31 Å². The van der Waals surface area contributed by atoms with Gasteiger partial charge in [0.25, 0.3) is 0 Å². The summed E-state index contributed by atoms with van der Waals surface area (Å²) >= 11 is 5.82. The summed E-state index contributed by atoms with van der Waals surface area (Å²) in [7, 11) is -3.50. The number of carbonyl (C=O) groups is 1. The molecule has 1 N–H and O–H groups in total. The van der Waals surface area contributed by atoms with E-state index >= 15 is 0 Å². The largest absolute Gasteiger partial charge is 0.376 e. The fraction of sp³-hybridized carbons (Fsp3) is 0.533. The Kier molecular flexibility index (Phi) is 6.41. The zero-order chi connectivity index (χ0) is 16.9.